The molecule has 1 aliphatic heterocycles. The quantitative estimate of drug-likeness (QED) is 0.548. The highest BCUT2D eigenvalue weighted by molar-refractivity contribution is 6.31. The topological polar surface area (TPSA) is 45.2 Å². The minimum absolute atomic E-state index is 0. The Balaban J connectivity index is 0.00000320. The summed E-state index contributed by atoms with van der Waals surface area (Å²) in [6, 6.07) is 13.2. The van der Waals surface area contributed by atoms with Gasteiger partial charge in [-0.15, -0.1) is 12.4 Å². The summed E-state index contributed by atoms with van der Waals surface area (Å²) < 4.78 is 11.1. The molecule has 0 aliphatic carbocycles. The second-order valence-corrected chi connectivity index (χ2v) is 8.12. The summed E-state index contributed by atoms with van der Waals surface area (Å²) in [7, 11) is 0. The molecule has 1 heterocycles. The van der Waals surface area contributed by atoms with Gasteiger partial charge in [0.05, 0.1) is 19.3 Å². The van der Waals surface area contributed by atoms with E-state index in [1.54, 1.807) is 12.1 Å². The number of aryl methyl sites for hydroxylation is 1. The standard InChI is InChI=1S/C22H28Cl2N2O3.ClH/c1-17-2-3-19(24)14-22(17)26-10-8-25(9-11-26)15-20(27)16-28-12-13-29-21-6-4-18(23)5-7-21;/h2-7,14,20,27H,8-13,15-16H2,1H3;1H. The molecule has 0 radical (unpaired) electrons. The Bertz CT molecular complexity index is 769. The van der Waals surface area contributed by atoms with E-state index in [4.69, 9.17) is 32.7 Å². The summed E-state index contributed by atoms with van der Waals surface area (Å²) in [6.07, 6.45) is -0.509. The van der Waals surface area contributed by atoms with Crippen LogP contribution in [0.2, 0.25) is 10.0 Å². The van der Waals surface area contributed by atoms with Crippen molar-refractivity contribution >= 4 is 41.3 Å². The van der Waals surface area contributed by atoms with Crippen molar-refractivity contribution < 1.29 is 14.6 Å². The van der Waals surface area contributed by atoms with E-state index in [9.17, 15) is 5.11 Å². The zero-order chi connectivity index (χ0) is 20.6. The van der Waals surface area contributed by atoms with Crippen LogP contribution >= 0.6 is 35.6 Å². The van der Waals surface area contributed by atoms with Gasteiger partial charge >= 0.3 is 0 Å². The van der Waals surface area contributed by atoms with Crippen LogP contribution in [0.15, 0.2) is 42.5 Å². The Morgan fingerprint density at radius 3 is 2.33 bits per heavy atom. The third kappa shape index (κ3) is 7.80. The molecule has 3 rings (SSSR count). The number of ether oxygens (including phenoxy) is 2. The van der Waals surface area contributed by atoms with Crippen molar-refractivity contribution in [3.8, 4) is 5.75 Å². The number of aliphatic hydroxyl groups is 1. The second kappa shape index (κ2) is 12.6. The molecule has 30 heavy (non-hydrogen) atoms. The summed E-state index contributed by atoms with van der Waals surface area (Å²) in [5, 5.41) is 11.7. The number of rotatable bonds is 9. The second-order valence-electron chi connectivity index (χ2n) is 7.25. The van der Waals surface area contributed by atoms with E-state index in [2.05, 4.69) is 22.8 Å². The van der Waals surface area contributed by atoms with E-state index in [-0.39, 0.29) is 12.4 Å². The predicted octanol–water partition coefficient (Wildman–Crippen LogP) is 4.30. The first-order chi connectivity index (χ1) is 14.0. The van der Waals surface area contributed by atoms with Gasteiger partial charge in [-0.05, 0) is 48.9 Å². The highest BCUT2D eigenvalue weighted by Crippen LogP contribution is 2.25. The maximum Gasteiger partial charge on any atom is 0.119 e. The van der Waals surface area contributed by atoms with Gasteiger partial charge in [0.1, 0.15) is 12.4 Å². The molecule has 0 spiro atoms. The zero-order valence-corrected chi connectivity index (χ0v) is 19.4. The van der Waals surface area contributed by atoms with Gasteiger partial charge in [0.25, 0.3) is 0 Å². The Hall–Kier alpha value is -1.21. The predicted molar refractivity (Wildman–Crippen MR) is 126 cm³/mol. The fraction of sp³-hybridized carbons (Fsp3) is 0.455. The van der Waals surface area contributed by atoms with E-state index in [1.165, 1.54) is 11.3 Å². The van der Waals surface area contributed by atoms with E-state index >= 15 is 0 Å². The van der Waals surface area contributed by atoms with Gasteiger partial charge in [-0.3, -0.25) is 4.90 Å². The molecule has 1 fully saturated rings. The molecule has 166 valence electrons. The maximum atomic E-state index is 10.3. The van der Waals surface area contributed by atoms with Crippen LogP contribution in [-0.4, -0.2) is 68.7 Å². The Kier molecular flexibility index (Phi) is 10.5. The van der Waals surface area contributed by atoms with Gasteiger partial charge in [-0.2, -0.15) is 0 Å². The van der Waals surface area contributed by atoms with Crippen LogP contribution in [0.3, 0.4) is 0 Å². The molecule has 0 amide bonds. The average molecular weight is 476 g/mol. The molecule has 0 bridgehead atoms. The van der Waals surface area contributed by atoms with Crippen LogP contribution < -0.4 is 9.64 Å². The van der Waals surface area contributed by atoms with Crippen LogP contribution in [0.4, 0.5) is 5.69 Å². The lowest BCUT2D eigenvalue weighted by Crippen LogP contribution is -2.49. The fourth-order valence-electron chi connectivity index (χ4n) is 3.41. The monoisotopic (exact) mass is 474 g/mol. The molecule has 1 saturated heterocycles. The van der Waals surface area contributed by atoms with Crippen molar-refractivity contribution in [3.05, 3.63) is 58.1 Å². The number of benzene rings is 2. The van der Waals surface area contributed by atoms with Gasteiger partial charge in [0.15, 0.2) is 0 Å². The average Bonchev–Trinajstić information content (AvgIpc) is 2.71. The summed E-state index contributed by atoms with van der Waals surface area (Å²) in [5.74, 6) is 0.756. The van der Waals surface area contributed by atoms with Crippen molar-refractivity contribution in [1.82, 2.24) is 4.90 Å². The van der Waals surface area contributed by atoms with Crippen LogP contribution in [0.1, 0.15) is 5.56 Å². The van der Waals surface area contributed by atoms with Crippen molar-refractivity contribution in [2.24, 2.45) is 0 Å². The Morgan fingerprint density at radius 1 is 0.967 bits per heavy atom. The smallest absolute Gasteiger partial charge is 0.119 e. The first kappa shape index (κ1) is 25.1. The summed E-state index contributed by atoms with van der Waals surface area (Å²) >= 11 is 12.0. The minimum atomic E-state index is -0.509. The molecule has 8 heteroatoms. The Labute approximate surface area is 194 Å². The first-order valence-electron chi connectivity index (χ1n) is 9.89. The number of halogens is 3. The largest absolute Gasteiger partial charge is 0.491 e. The number of β-amino-alcohol motifs (C(OH)–C–C–N with tert-alkyl or cyclic N) is 1. The summed E-state index contributed by atoms with van der Waals surface area (Å²) in [4.78, 5) is 4.63. The fourth-order valence-corrected chi connectivity index (χ4v) is 3.71. The number of aliphatic hydroxyl groups excluding tert-OH is 1. The first-order valence-corrected chi connectivity index (χ1v) is 10.6. The van der Waals surface area contributed by atoms with Crippen molar-refractivity contribution in [3.63, 3.8) is 0 Å². The molecular weight excluding hydrogens is 447 g/mol. The number of nitrogens with zero attached hydrogens (tertiary/aromatic N) is 2. The third-order valence-electron chi connectivity index (χ3n) is 4.97. The van der Waals surface area contributed by atoms with Crippen LogP contribution in [0.5, 0.6) is 5.75 Å². The number of piperazine rings is 1. The van der Waals surface area contributed by atoms with Crippen LogP contribution in [-0.2, 0) is 4.74 Å². The highest BCUT2D eigenvalue weighted by Gasteiger charge is 2.20. The lowest BCUT2D eigenvalue weighted by atomic mass is 10.1. The molecule has 1 unspecified atom stereocenters. The van der Waals surface area contributed by atoms with Crippen LogP contribution in [0.25, 0.3) is 0 Å². The molecule has 0 saturated carbocycles. The number of hydrogen-bond acceptors (Lipinski definition) is 5. The maximum absolute atomic E-state index is 10.3. The molecule has 1 aliphatic rings. The molecule has 5 nitrogen and oxygen atoms in total. The van der Waals surface area contributed by atoms with Gasteiger partial charge in [-0.25, -0.2) is 0 Å². The molecule has 1 atom stereocenters. The van der Waals surface area contributed by atoms with Gasteiger partial charge in [-0.1, -0.05) is 29.3 Å². The lowest BCUT2D eigenvalue weighted by molar-refractivity contribution is 0.00718. The Morgan fingerprint density at radius 2 is 1.63 bits per heavy atom. The summed E-state index contributed by atoms with van der Waals surface area (Å²) in [5.41, 5.74) is 2.43. The van der Waals surface area contributed by atoms with Crippen molar-refractivity contribution in [2.75, 3.05) is 57.4 Å². The van der Waals surface area contributed by atoms with Gasteiger partial charge in [0, 0.05) is 48.5 Å². The lowest BCUT2D eigenvalue weighted by Gasteiger charge is -2.37. The van der Waals surface area contributed by atoms with Gasteiger partial charge < -0.3 is 19.5 Å². The van der Waals surface area contributed by atoms with Crippen LogP contribution in [0, 0.1) is 6.92 Å². The molecule has 2 aromatic carbocycles. The van der Waals surface area contributed by atoms with Crippen molar-refractivity contribution in [1.29, 1.82) is 0 Å². The third-order valence-corrected chi connectivity index (χ3v) is 5.46. The zero-order valence-electron chi connectivity index (χ0n) is 17.1. The minimum Gasteiger partial charge on any atom is -0.491 e. The normalized spacial score (nSPS) is 15.5. The molecule has 0 aromatic heterocycles. The summed E-state index contributed by atoms with van der Waals surface area (Å²) in [6.45, 7) is 7.54. The molecular formula is C22H29Cl3N2O3. The van der Waals surface area contributed by atoms with Gasteiger partial charge in [0.2, 0.25) is 0 Å². The number of anilines is 1. The van der Waals surface area contributed by atoms with E-state index in [0.29, 0.717) is 31.4 Å². The highest BCUT2D eigenvalue weighted by atomic mass is 35.5. The van der Waals surface area contributed by atoms with E-state index in [0.717, 1.165) is 37.0 Å². The molecule has 2 aromatic rings. The van der Waals surface area contributed by atoms with E-state index in [1.807, 2.05) is 24.3 Å². The van der Waals surface area contributed by atoms with E-state index < -0.39 is 6.10 Å². The van der Waals surface area contributed by atoms with Crippen molar-refractivity contribution in [2.45, 2.75) is 13.0 Å². The SMILES string of the molecule is Cc1ccc(Cl)cc1N1CCN(CC(O)COCCOc2ccc(Cl)cc2)CC1.Cl. The number of hydrogen-bond donors (Lipinski definition) is 1. The molecule has 1 N–H and O–H groups in total.